The van der Waals surface area contributed by atoms with Crippen LogP contribution in [0.15, 0.2) is 35.3 Å². The zero-order valence-corrected chi connectivity index (χ0v) is 17.1. The number of carbonyl (C=O) groups is 4. The molecule has 0 radical (unpaired) electrons. The van der Waals surface area contributed by atoms with E-state index < -0.39 is 29.9 Å². The number of aliphatic carboxylic acids is 1. The first-order valence-corrected chi connectivity index (χ1v) is 9.18. The molecule has 0 saturated heterocycles. The van der Waals surface area contributed by atoms with Gasteiger partial charge in [0.2, 0.25) is 17.7 Å². The molecule has 0 aliphatic carbocycles. The van der Waals surface area contributed by atoms with Crippen molar-refractivity contribution in [3.63, 3.8) is 0 Å². The molecule has 166 valence electrons. The molecule has 0 aliphatic rings. The van der Waals surface area contributed by atoms with Gasteiger partial charge in [-0.15, -0.1) is 0 Å². The number of hydrogen-bond donors (Lipinski definition) is 6. The lowest BCUT2D eigenvalue weighted by Crippen LogP contribution is -2.53. The lowest BCUT2D eigenvalue weighted by Gasteiger charge is -2.21. The molecule has 1 rings (SSSR count). The maximum atomic E-state index is 12.5. The summed E-state index contributed by atoms with van der Waals surface area (Å²) in [5.74, 6) is -2.36. The molecule has 0 bridgehead atoms. The summed E-state index contributed by atoms with van der Waals surface area (Å²) in [6, 6.07) is 7.51. The van der Waals surface area contributed by atoms with Crippen LogP contribution in [0, 0.1) is 0 Å². The Labute approximate surface area is 175 Å². The summed E-state index contributed by atoms with van der Waals surface area (Å²) in [4.78, 5) is 48.4. The Morgan fingerprint density at radius 2 is 1.57 bits per heavy atom. The Kier molecular flexibility index (Phi) is 12.6. The van der Waals surface area contributed by atoms with Crippen molar-refractivity contribution in [3.8, 4) is 0 Å². The fourth-order valence-electron chi connectivity index (χ4n) is 2.36. The van der Waals surface area contributed by atoms with Crippen LogP contribution in [0.2, 0.25) is 0 Å². The van der Waals surface area contributed by atoms with E-state index in [-0.39, 0.29) is 18.3 Å². The van der Waals surface area contributed by atoms with Gasteiger partial charge in [0.1, 0.15) is 12.1 Å². The van der Waals surface area contributed by atoms with Crippen LogP contribution >= 0.6 is 0 Å². The third kappa shape index (κ3) is 13.5. The molecule has 0 saturated carbocycles. The van der Waals surface area contributed by atoms with Gasteiger partial charge < -0.3 is 32.9 Å². The van der Waals surface area contributed by atoms with Crippen LogP contribution in [0.4, 0.5) is 0 Å². The second-order valence-electron chi connectivity index (χ2n) is 6.37. The summed E-state index contributed by atoms with van der Waals surface area (Å²) in [5.41, 5.74) is 16.8. The number of nitrogens with zero attached hydrogens (tertiary/aromatic N) is 1. The number of carbonyl (C=O) groups excluding carboxylic acids is 3. The topological polar surface area (TPSA) is 203 Å². The molecular formula is C19H30N6O5. The van der Waals surface area contributed by atoms with Crippen LogP contribution in [0.25, 0.3) is 0 Å². The number of carboxylic acids is 1. The van der Waals surface area contributed by atoms with Gasteiger partial charge in [-0.1, -0.05) is 30.3 Å². The zero-order valence-electron chi connectivity index (χ0n) is 17.1. The Morgan fingerprint density at radius 1 is 1.00 bits per heavy atom. The van der Waals surface area contributed by atoms with Crippen LogP contribution in [-0.4, -0.2) is 53.4 Å². The van der Waals surface area contributed by atoms with Crippen LogP contribution < -0.4 is 27.8 Å². The molecule has 11 nitrogen and oxygen atoms in total. The van der Waals surface area contributed by atoms with E-state index in [4.69, 9.17) is 27.1 Å². The molecule has 9 N–H and O–H groups in total. The Balaban J connectivity index is 0.00000192. The number of guanidine groups is 1. The number of hydrogen-bond acceptors (Lipinski definition) is 5. The van der Waals surface area contributed by atoms with Gasteiger partial charge in [0.15, 0.2) is 5.96 Å². The number of benzene rings is 1. The molecule has 0 aliphatic heterocycles. The van der Waals surface area contributed by atoms with Gasteiger partial charge in [-0.05, 0) is 18.4 Å². The SMILES string of the molecule is CC(=O)NC(CCCN=C(N)N)C(=O)NC(Cc1ccccc1)C(N)=O.CC(=O)O. The molecule has 0 spiro atoms. The molecule has 1 aromatic carbocycles. The normalized spacial score (nSPS) is 11.7. The largest absolute Gasteiger partial charge is 0.481 e. The number of nitrogens with one attached hydrogen (secondary N) is 2. The van der Waals surface area contributed by atoms with Crippen molar-refractivity contribution in [2.24, 2.45) is 22.2 Å². The van der Waals surface area contributed by atoms with Crippen molar-refractivity contribution in [2.45, 2.75) is 45.2 Å². The fraction of sp³-hybridized carbons (Fsp3) is 0.421. The maximum absolute atomic E-state index is 12.5. The third-order valence-electron chi connectivity index (χ3n) is 3.58. The van der Waals surface area contributed by atoms with Crippen LogP contribution in [-0.2, 0) is 25.6 Å². The first kappa shape index (κ1) is 26.4. The summed E-state index contributed by atoms with van der Waals surface area (Å²) in [5, 5.41) is 12.6. The van der Waals surface area contributed by atoms with E-state index in [0.717, 1.165) is 12.5 Å². The van der Waals surface area contributed by atoms with Crippen LogP contribution in [0.5, 0.6) is 0 Å². The summed E-state index contributed by atoms with van der Waals surface area (Å²) in [7, 11) is 0. The first-order chi connectivity index (χ1) is 14.0. The molecule has 1 aromatic rings. The quantitative estimate of drug-likeness (QED) is 0.155. The summed E-state index contributed by atoms with van der Waals surface area (Å²) in [6.07, 6.45) is 1.07. The molecular weight excluding hydrogens is 392 g/mol. The lowest BCUT2D eigenvalue weighted by atomic mass is 10.0. The third-order valence-corrected chi connectivity index (χ3v) is 3.58. The van der Waals surface area contributed by atoms with E-state index in [1.165, 1.54) is 6.92 Å². The highest BCUT2D eigenvalue weighted by Crippen LogP contribution is 2.05. The smallest absolute Gasteiger partial charge is 0.300 e. The van der Waals surface area contributed by atoms with Gasteiger partial charge >= 0.3 is 0 Å². The van der Waals surface area contributed by atoms with Gasteiger partial charge in [-0.2, -0.15) is 0 Å². The minimum absolute atomic E-state index is 0.0396. The molecule has 0 fully saturated rings. The highest BCUT2D eigenvalue weighted by atomic mass is 16.4. The number of primary amides is 1. The first-order valence-electron chi connectivity index (χ1n) is 9.18. The summed E-state index contributed by atoms with van der Waals surface area (Å²) in [6.45, 7) is 2.72. The monoisotopic (exact) mass is 422 g/mol. The second-order valence-corrected chi connectivity index (χ2v) is 6.37. The van der Waals surface area contributed by atoms with Gasteiger partial charge in [0, 0.05) is 26.8 Å². The molecule has 2 atom stereocenters. The number of carboxylic acid groups (broad SMARTS) is 1. The fourth-order valence-corrected chi connectivity index (χ4v) is 2.36. The van der Waals surface area contributed by atoms with Crippen molar-refractivity contribution in [1.29, 1.82) is 0 Å². The van der Waals surface area contributed by atoms with E-state index in [1.54, 1.807) is 0 Å². The number of aliphatic imine (C=N–C) groups is 1. The lowest BCUT2D eigenvalue weighted by molar-refractivity contribution is -0.134. The summed E-state index contributed by atoms with van der Waals surface area (Å²) < 4.78 is 0. The molecule has 2 unspecified atom stereocenters. The number of amides is 3. The van der Waals surface area contributed by atoms with Crippen LogP contribution in [0.3, 0.4) is 0 Å². The second kappa shape index (κ2) is 14.4. The molecule has 3 amide bonds. The van der Waals surface area contributed by atoms with Gasteiger partial charge in [-0.3, -0.25) is 24.2 Å². The minimum atomic E-state index is -0.876. The van der Waals surface area contributed by atoms with Crippen molar-refractivity contribution >= 4 is 29.7 Å². The highest BCUT2D eigenvalue weighted by molar-refractivity contribution is 5.91. The Morgan fingerprint density at radius 3 is 2.03 bits per heavy atom. The van der Waals surface area contributed by atoms with E-state index >= 15 is 0 Å². The molecule has 0 aromatic heterocycles. The summed E-state index contributed by atoms with van der Waals surface area (Å²) >= 11 is 0. The maximum Gasteiger partial charge on any atom is 0.300 e. The van der Waals surface area contributed by atoms with Crippen molar-refractivity contribution in [1.82, 2.24) is 10.6 Å². The highest BCUT2D eigenvalue weighted by Gasteiger charge is 2.24. The minimum Gasteiger partial charge on any atom is -0.481 e. The Hall–Kier alpha value is -3.63. The van der Waals surface area contributed by atoms with Crippen molar-refractivity contribution < 1.29 is 24.3 Å². The van der Waals surface area contributed by atoms with E-state index in [2.05, 4.69) is 15.6 Å². The average Bonchev–Trinajstić information content (AvgIpc) is 2.63. The molecule has 11 heteroatoms. The van der Waals surface area contributed by atoms with Gasteiger partial charge in [0.05, 0.1) is 0 Å². The van der Waals surface area contributed by atoms with Crippen LogP contribution in [0.1, 0.15) is 32.3 Å². The molecule has 0 heterocycles. The van der Waals surface area contributed by atoms with E-state index in [1.807, 2.05) is 30.3 Å². The van der Waals surface area contributed by atoms with Crippen molar-refractivity contribution in [2.75, 3.05) is 6.54 Å². The predicted molar refractivity (Wildman–Crippen MR) is 112 cm³/mol. The van der Waals surface area contributed by atoms with Crippen molar-refractivity contribution in [3.05, 3.63) is 35.9 Å². The molecule has 30 heavy (non-hydrogen) atoms. The zero-order chi connectivity index (χ0) is 23.1. The van der Waals surface area contributed by atoms with E-state index in [0.29, 0.717) is 19.4 Å². The average molecular weight is 422 g/mol. The predicted octanol–water partition coefficient (Wildman–Crippen LogP) is -1.15. The van der Waals surface area contributed by atoms with Gasteiger partial charge in [0.25, 0.3) is 5.97 Å². The standard InChI is InChI=1S/C17H26N6O3.C2H4O2/c1-11(24)22-13(8-5-9-21-17(19)20)16(26)23-14(15(18)25)10-12-6-3-2-4-7-12;1-2(3)4/h2-4,6-7,13-14H,5,8-10H2,1H3,(H2,18,25)(H,22,24)(H,23,26)(H4,19,20,21);1H3,(H,3,4). The van der Waals surface area contributed by atoms with Gasteiger partial charge in [-0.25, -0.2) is 0 Å². The van der Waals surface area contributed by atoms with E-state index in [9.17, 15) is 14.4 Å². The number of nitrogens with two attached hydrogens (primary N) is 3. The number of rotatable bonds is 10. The Bertz CT molecular complexity index is 730.